The lowest BCUT2D eigenvalue weighted by Crippen LogP contribution is -2.44. The van der Waals surface area contributed by atoms with Gasteiger partial charge in [0.25, 0.3) is 0 Å². The zero-order chi connectivity index (χ0) is 10.1. The van der Waals surface area contributed by atoms with Gasteiger partial charge in [-0.3, -0.25) is 0 Å². The molecule has 0 aromatic heterocycles. The highest BCUT2D eigenvalue weighted by molar-refractivity contribution is 5.74. The molecule has 0 aromatic rings. The molecule has 2 rings (SSSR count). The van der Waals surface area contributed by atoms with Gasteiger partial charge in [-0.05, 0) is 38.5 Å². The summed E-state index contributed by atoms with van der Waals surface area (Å²) in [7, 11) is 1.95. The topological polar surface area (TPSA) is 23.6 Å². The first kappa shape index (κ1) is 9.81. The maximum absolute atomic E-state index is 12.0. The summed E-state index contributed by atoms with van der Waals surface area (Å²) in [5, 5.41) is 0. The van der Waals surface area contributed by atoms with E-state index in [9.17, 15) is 4.79 Å². The van der Waals surface area contributed by atoms with E-state index in [0.29, 0.717) is 6.04 Å². The lowest BCUT2D eigenvalue weighted by Gasteiger charge is -2.29. The smallest absolute Gasteiger partial charge is 0.319 e. The Balaban J connectivity index is 1.88. The predicted molar refractivity (Wildman–Crippen MR) is 56.2 cm³/mol. The summed E-state index contributed by atoms with van der Waals surface area (Å²) in [6.07, 6.45) is 4.96. The molecule has 3 nitrogen and oxygen atoms in total. The standard InChI is InChI=1S/C11H20N2O/c1-9(10-5-6-10)12(2)11(14)13-7-3-4-8-13/h9-10H,3-8H2,1-2H3. The molecule has 80 valence electrons. The number of amides is 2. The van der Waals surface area contributed by atoms with Crippen LogP contribution in [-0.4, -0.2) is 42.0 Å². The normalized spacial score (nSPS) is 23.7. The van der Waals surface area contributed by atoms with Gasteiger partial charge in [-0.2, -0.15) is 0 Å². The molecular formula is C11H20N2O. The Labute approximate surface area is 86.1 Å². The van der Waals surface area contributed by atoms with Gasteiger partial charge in [0.05, 0.1) is 0 Å². The number of carbonyl (C=O) groups is 1. The fourth-order valence-electron chi connectivity index (χ4n) is 2.20. The first-order chi connectivity index (χ1) is 6.70. The third kappa shape index (κ3) is 1.86. The Morgan fingerprint density at radius 3 is 2.43 bits per heavy atom. The Morgan fingerprint density at radius 2 is 1.93 bits per heavy atom. The van der Waals surface area contributed by atoms with E-state index in [2.05, 4.69) is 6.92 Å². The van der Waals surface area contributed by atoms with Crippen molar-refractivity contribution in [2.75, 3.05) is 20.1 Å². The largest absolute Gasteiger partial charge is 0.325 e. The molecule has 1 saturated carbocycles. The monoisotopic (exact) mass is 196 g/mol. The molecule has 1 unspecified atom stereocenters. The Bertz CT molecular complexity index is 219. The van der Waals surface area contributed by atoms with Crippen LogP contribution in [0.1, 0.15) is 32.6 Å². The summed E-state index contributed by atoms with van der Waals surface area (Å²) in [6, 6.07) is 0.671. The fourth-order valence-corrected chi connectivity index (χ4v) is 2.20. The molecule has 2 aliphatic rings. The minimum Gasteiger partial charge on any atom is -0.325 e. The van der Waals surface area contributed by atoms with Crippen LogP contribution in [0.2, 0.25) is 0 Å². The summed E-state index contributed by atoms with van der Waals surface area (Å²) < 4.78 is 0. The molecular weight excluding hydrogens is 176 g/mol. The van der Waals surface area contributed by atoms with Crippen molar-refractivity contribution in [3.8, 4) is 0 Å². The molecule has 1 atom stereocenters. The van der Waals surface area contributed by atoms with Crippen LogP contribution in [0, 0.1) is 5.92 Å². The fraction of sp³-hybridized carbons (Fsp3) is 0.909. The lowest BCUT2D eigenvalue weighted by molar-refractivity contribution is 0.154. The number of hydrogen-bond acceptors (Lipinski definition) is 1. The van der Waals surface area contributed by atoms with E-state index in [0.717, 1.165) is 19.0 Å². The van der Waals surface area contributed by atoms with Crippen molar-refractivity contribution in [1.82, 2.24) is 9.80 Å². The molecule has 1 saturated heterocycles. The SMILES string of the molecule is CC(C1CC1)N(C)C(=O)N1CCCC1. The zero-order valence-electron chi connectivity index (χ0n) is 9.20. The van der Waals surface area contributed by atoms with Crippen molar-refractivity contribution in [1.29, 1.82) is 0 Å². The van der Waals surface area contributed by atoms with Gasteiger partial charge in [-0.1, -0.05) is 0 Å². The highest BCUT2D eigenvalue weighted by Gasteiger charge is 2.34. The number of rotatable bonds is 2. The molecule has 1 heterocycles. The predicted octanol–water partition coefficient (Wildman–Crippen LogP) is 1.93. The third-order valence-electron chi connectivity index (χ3n) is 3.59. The molecule has 0 N–H and O–H groups in total. The molecule has 1 aliphatic heterocycles. The maximum Gasteiger partial charge on any atom is 0.319 e. The summed E-state index contributed by atoms with van der Waals surface area (Å²) in [4.78, 5) is 15.9. The number of nitrogens with zero attached hydrogens (tertiary/aromatic N) is 2. The van der Waals surface area contributed by atoms with Crippen LogP contribution in [0.4, 0.5) is 4.79 Å². The molecule has 2 fully saturated rings. The Hall–Kier alpha value is -0.730. The van der Waals surface area contributed by atoms with Crippen molar-refractivity contribution in [3.05, 3.63) is 0 Å². The summed E-state index contributed by atoms with van der Waals surface area (Å²) in [5.41, 5.74) is 0. The van der Waals surface area contributed by atoms with Gasteiger partial charge < -0.3 is 9.80 Å². The van der Waals surface area contributed by atoms with Crippen LogP contribution < -0.4 is 0 Å². The van der Waals surface area contributed by atoms with Crippen LogP contribution in [0.5, 0.6) is 0 Å². The second-order valence-corrected chi connectivity index (χ2v) is 4.67. The first-order valence-electron chi connectivity index (χ1n) is 5.72. The van der Waals surface area contributed by atoms with E-state index in [-0.39, 0.29) is 6.03 Å². The minimum absolute atomic E-state index is 0.238. The molecule has 0 aromatic carbocycles. The average molecular weight is 196 g/mol. The van der Waals surface area contributed by atoms with Gasteiger partial charge in [-0.25, -0.2) is 4.79 Å². The van der Waals surface area contributed by atoms with Crippen molar-refractivity contribution < 1.29 is 4.79 Å². The third-order valence-corrected chi connectivity index (χ3v) is 3.59. The van der Waals surface area contributed by atoms with Gasteiger partial charge in [0, 0.05) is 26.2 Å². The minimum atomic E-state index is 0.238. The van der Waals surface area contributed by atoms with Crippen LogP contribution in [-0.2, 0) is 0 Å². The molecule has 2 amide bonds. The van der Waals surface area contributed by atoms with Gasteiger partial charge in [-0.15, -0.1) is 0 Å². The quantitative estimate of drug-likeness (QED) is 0.662. The Kier molecular flexibility index (Phi) is 2.66. The molecule has 0 bridgehead atoms. The van der Waals surface area contributed by atoms with Crippen LogP contribution in [0.15, 0.2) is 0 Å². The molecule has 14 heavy (non-hydrogen) atoms. The number of urea groups is 1. The zero-order valence-corrected chi connectivity index (χ0v) is 9.20. The highest BCUT2D eigenvalue weighted by atomic mass is 16.2. The van der Waals surface area contributed by atoms with Gasteiger partial charge in [0.15, 0.2) is 0 Å². The van der Waals surface area contributed by atoms with Crippen molar-refractivity contribution >= 4 is 6.03 Å². The summed E-state index contributed by atoms with van der Waals surface area (Å²) in [5.74, 6) is 0.770. The number of carbonyl (C=O) groups excluding carboxylic acids is 1. The van der Waals surface area contributed by atoms with Gasteiger partial charge >= 0.3 is 6.03 Å². The summed E-state index contributed by atoms with van der Waals surface area (Å²) in [6.45, 7) is 4.09. The highest BCUT2D eigenvalue weighted by Crippen LogP contribution is 2.35. The Morgan fingerprint density at radius 1 is 1.36 bits per heavy atom. The van der Waals surface area contributed by atoms with Crippen LogP contribution in [0.25, 0.3) is 0 Å². The van der Waals surface area contributed by atoms with E-state index in [1.165, 1.54) is 25.7 Å². The van der Waals surface area contributed by atoms with Crippen molar-refractivity contribution in [2.45, 2.75) is 38.6 Å². The maximum atomic E-state index is 12.0. The van der Waals surface area contributed by atoms with Crippen LogP contribution in [0.3, 0.4) is 0 Å². The molecule has 0 spiro atoms. The van der Waals surface area contributed by atoms with E-state index in [1.54, 1.807) is 0 Å². The van der Waals surface area contributed by atoms with Crippen molar-refractivity contribution in [2.24, 2.45) is 5.92 Å². The molecule has 3 heteroatoms. The molecule has 0 radical (unpaired) electrons. The van der Waals surface area contributed by atoms with Crippen LogP contribution >= 0.6 is 0 Å². The summed E-state index contributed by atoms with van der Waals surface area (Å²) >= 11 is 0. The molecule has 1 aliphatic carbocycles. The second-order valence-electron chi connectivity index (χ2n) is 4.67. The lowest BCUT2D eigenvalue weighted by atomic mass is 10.2. The average Bonchev–Trinajstić information content (AvgIpc) is 2.90. The van der Waals surface area contributed by atoms with E-state index >= 15 is 0 Å². The van der Waals surface area contributed by atoms with E-state index in [1.807, 2.05) is 16.8 Å². The van der Waals surface area contributed by atoms with E-state index in [4.69, 9.17) is 0 Å². The number of likely N-dealkylation sites (tertiary alicyclic amines) is 1. The second kappa shape index (κ2) is 3.79. The first-order valence-corrected chi connectivity index (χ1v) is 5.72. The number of hydrogen-bond donors (Lipinski definition) is 0. The van der Waals surface area contributed by atoms with Gasteiger partial charge in [0.1, 0.15) is 0 Å². The van der Waals surface area contributed by atoms with E-state index < -0.39 is 0 Å². The van der Waals surface area contributed by atoms with Crippen molar-refractivity contribution in [3.63, 3.8) is 0 Å². The van der Waals surface area contributed by atoms with Gasteiger partial charge in [0.2, 0.25) is 0 Å².